The molecule has 0 unspecified atom stereocenters. The van der Waals surface area contributed by atoms with E-state index in [1.54, 1.807) is 0 Å². The van der Waals surface area contributed by atoms with Crippen molar-refractivity contribution in [3.8, 4) is 0 Å². The van der Waals surface area contributed by atoms with Gasteiger partial charge in [-0.15, -0.1) is 0 Å². The number of benzene rings is 2. The molecule has 0 aromatic heterocycles. The molecule has 0 saturated carbocycles. The smallest absolute Gasteiger partial charge is 0.252 e. The fraction of sp³-hybridized carbons (Fsp3) is 0.188. The van der Waals surface area contributed by atoms with E-state index in [1.807, 2.05) is 37.3 Å². The second-order valence-corrected chi connectivity index (χ2v) is 5.50. The van der Waals surface area contributed by atoms with Crippen LogP contribution in [0.15, 0.2) is 53.0 Å². The Labute approximate surface area is 126 Å². The number of carbonyl (C=O) groups excluding carboxylic acids is 1. The maximum atomic E-state index is 13.2. The molecule has 2 aromatic rings. The van der Waals surface area contributed by atoms with Crippen molar-refractivity contribution >= 4 is 21.8 Å². The molecule has 4 heteroatoms. The molecule has 0 bridgehead atoms. The molecule has 0 spiro atoms. The molecule has 2 aromatic carbocycles. The van der Waals surface area contributed by atoms with Crippen LogP contribution in [0.3, 0.4) is 0 Å². The Bertz CT molecular complexity index is 601. The summed E-state index contributed by atoms with van der Waals surface area (Å²) < 4.78 is 13.8. The molecule has 104 valence electrons. The van der Waals surface area contributed by atoms with Crippen LogP contribution in [0.5, 0.6) is 0 Å². The van der Waals surface area contributed by atoms with Gasteiger partial charge in [-0.2, -0.15) is 0 Å². The normalized spacial score (nSPS) is 11.9. The minimum Gasteiger partial charge on any atom is -0.351 e. The molecule has 0 radical (unpaired) electrons. The van der Waals surface area contributed by atoms with E-state index in [0.29, 0.717) is 16.6 Å². The van der Waals surface area contributed by atoms with Gasteiger partial charge in [-0.3, -0.25) is 4.79 Å². The van der Waals surface area contributed by atoms with Crippen LogP contribution in [0.4, 0.5) is 4.39 Å². The number of nitrogens with one attached hydrogen (secondary N) is 1. The number of amides is 1. The highest BCUT2D eigenvalue weighted by molar-refractivity contribution is 9.10. The van der Waals surface area contributed by atoms with Crippen LogP contribution in [0.25, 0.3) is 0 Å². The van der Waals surface area contributed by atoms with Crippen molar-refractivity contribution in [1.29, 1.82) is 0 Å². The van der Waals surface area contributed by atoms with Crippen molar-refractivity contribution in [3.63, 3.8) is 0 Å². The van der Waals surface area contributed by atoms with Gasteiger partial charge in [0.15, 0.2) is 0 Å². The van der Waals surface area contributed by atoms with E-state index in [2.05, 4.69) is 21.2 Å². The van der Waals surface area contributed by atoms with Crippen LogP contribution in [0, 0.1) is 5.82 Å². The van der Waals surface area contributed by atoms with Crippen molar-refractivity contribution in [2.75, 3.05) is 6.54 Å². The maximum Gasteiger partial charge on any atom is 0.252 e. The molecular formula is C16H15BrFNO. The highest BCUT2D eigenvalue weighted by atomic mass is 79.9. The zero-order valence-corrected chi connectivity index (χ0v) is 12.7. The molecule has 1 amide bonds. The molecule has 0 fully saturated rings. The average molecular weight is 336 g/mol. The van der Waals surface area contributed by atoms with Gasteiger partial charge in [0, 0.05) is 11.0 Å². The monoisotopic (exact) mass is 335 g/mol. The summed E-state index contributed by atoms with van der Waals surface area (Å²) in [5.41, 5.74) is 1.47. The van der Waals surface area contributed by atoms with Crippen LogP contribution in [0.2, 0.25) is 0 Å². The lowest BCUT2D eigenvalue weighted by molar-refractivity contribution is 0.0950. The Morgan fingerprint density at radius 1 is 1.25 bits per heavy atom. The third kappa shape index (κ3) is 3.67. The van der Waals surface area contributed by atoms with Crippen LogP contribution < -0.4 is 5.32 Å². The third-order valence-corrected chi connectivity index (χ3v) is 3.80. The lowest BCUT2D eigenvalue weighted by atomic mass is 10.0. The highest BCUT2D eigenvalue weighted by Gasteiger charge is 2.12. The first kappa shape index (κ1) is 14.7. The third-order valence-electron chi connectivity index (χ3n) is 3.11. The van der Waals surface area contributed by atoms with Gasteiger partial charge < -0.3 is 5.32 Å². The summed E-state index contributed by atoms with van der Waals surface area (Å²) in [6.07, 6.45) is 0. The molecule has 20 heavy (non-hydrogen) atoms. The molecule has 1 atom stereocenters. The van der Waals surface area contributed by atoms with Crippen LogP contribution >= 0.6 is 15.9 Å². The molecule has 2 rings (SSSR count). The number of carbonyl (C=O) groups is 1. The molecule has 0 saturated heterocycles. The minimum absolute atomic E-state index is 0.201. The summed E-state index contributed by atoms with van der Waals surface area (Å²) >= 11 is 3.26. The predicted octanol–water partition coefficient (Wildman–Crippen LogP) is 4.12. The Balaban J connectivity index is 2.00. The number of hydrogen-bond donors (Lipinski definition) is 1. The van der Waals surface area contributed by atoms with Gasteiger partial charge in [-0.1, -0.05) is 37.3 Å². The van der Waals surface area contributed by atoms with Crippen molar-refractivity contribution in [2.45, 2.75) is 12.8 Å². The molecule has 0 aliphatic rings. The summed E-state index contributed by atoms with van der Waals surface area (Å²) in [6, 6.07) is 14.0. The molecule has 1 N–H and O–H groups in total. The summed E-state index contributed by atoms with van der Waals surface area (Å²) in [4.78, 5) is 12.0. The van der Waals surface area contributed by atoms with E-state index in [4.69, 9.17) is 0 Å². The first-order valence-corrected chi connectivity index (χ1v) is 7.15. The van der Waals surface area contributed by atoms with Crippen LogP contribution in [-0.2, 0) is 0 Å². The van der Waals surface area contributed by atoms with E-state index in [1.165, 1.54) is 18.2 Å². The van der Waals surface area contributed by atoms with Crippen molar-refractivity contribution in [1.82, 2.24) is 5.32 Å². The maximum absolute atomic E-state index is 13.2. The van der Waals surface area contributed by atoms with Crippen molar-refractivity contribution in [2.24, 2.45) is 0 Å². The van der Waals surface area contributed by atoms with E-state index in [-0.39, 0.29) is 11.8 Å². The minimum atomic E-state index is -0.422. The summed E-state index contributed by atoms with van der Waals surface area (Å²) in [6.45, 7) is 2.54. The predicted molar refractivity (Wildman–Crippen MR) is 81.3 cm³/mol. The van der Waals surface area contributed by atoms with E-state index >= 15 is 0 Å². The second-order valence-electron chi connectivity index (χ2n) is 4.65. The fourth-order valence-corrected chi connectivity index (χ4v) is 2.34. The molecule has 0 heterocycles. The van der Waals surface area contributed by atoms with Crippen LogP contribution in [-0.4, -0.2) is 12.5 Å². The largest absolute Gasteiger partial charge is 0.351 e. The lowest BCUT2D eigenvalue weighted by Crippen LogP contribution is -2.27. The molecule has 0 aliphatic carbocycles. The molecule has 2 nitrogen and oxygen atoms in total. The lowest BCUT2D eigenvalue weighted by Gasteiger charge is -2.13. The fourth-order valence-electron chi connectivity index (χ4n) is 1.91. The Morgan fingerprint density at radius 3 is 2.65 bits per heavy atom. The zero-order chi connectivity index (χ0) is 14.5. The zero-order valence-electron chi connectivity index (χ0n) is 11.1. The number of rotatable bonds is 4. The number of halogens is 2. The van der Waals surface area contributed by atoms with Gasteiger partial charge in [-0.25, -0.2) is 4.39 Å². The van der Waals surface area contributed by atoms with E-state index in [9.17, 15) is 9.18 Å². The summed E-state index contributed by atoms with van der Waals surface area (Å²) in [5.74, 6) is -0.499. The number of hydrogen-bond acceptors (Lipinski definition) is 1. The Kier molecular flexibility index (Phi) is 4.90. The average Bonchev–Trinajstić information content (AvgIpc) is 2.47. The van der Waals surface area contributed by atoms with Crippen LogP contribution in [0.1, 0.15) is 28.8 Å². The van der Waals surface area contributed by atoms with Gasteiger partial charge in [-0.05, 0) is 45.6 Å². The van der Waals surface area contributed by atoms with Crippen molar-refractivity contribution < 1.29 is 9.18 Å². The second kappa shape index (κ2) is 6.66. The van der Waals surface area contributed by atoms with Gasteiger partial charge in [0.2, 0.25) is 0 Å². The quantitative estimate of drug-likeness (QED) is 0.894. The van der Waals surface area contributed by atoms with Gasteiger partial charge in [0.25, 0.3) is 5.91 Å². The molecular weight excluding hydrogens is 321 g/mol. The SMILES string of the molecule is C[C@H](CNC(=O)c1cc(F)ccc1Br)c1ccccc1. The molecule has 0 aliphatic heterocycles. The van der Waals surface area contributed by atoms with E-state index < -0.39 is 5.82 Å². The summed E-state index contributed by atoms with van der Waals surface area (Å²) in [7, 11) is 0. The standard InChI is InChI=1S/C16H15BrFNO/c1-11(12-5-3-2-4-6-12)10-19-16(20)14-9-13(18)7-8-15(14)17/h2-9,11H,10H2,1H3,(H,19,20)/t11-/m1/s1. The Hall–Kier alpha value is -1.68. The summed E-state index contributed by atoms with van der Waals surface area (Å²) in [5, 5.41) is 2.83. The highest BCUT2D eigenvalue weighted by Crippen LogP contribution is 2.18. The van der Waals surface area contributed by atoms with Gasteiger partial charge >= 0.3 is 0 Å². The van der Waals surface area contributed by atoms with Gasteiger partial charge in [0.05, 0.1) is 5.56 Å². The Morgan fingerprint density at radius 2 is 1.95 bits per heavy atom. The first-order valence-electron chi connectivity index (χ1n) is 6.36. The van der Waals surface area contributed by atoms with Crippen molar-refractivity contribution in [3.05, 3.63) is 69.9 Å². The van der Waals surface area contributed by atoms with Gasteiger partial charge in [0.1, 0.15) is 5.82 Å². The first-order chi connectivity index (χ1) is 9.58. The van der Waals surface area contributed by atoms with E-state index in [0.717, 1.165) is 5.56 Å². The topological polar surface area (TPSA) is 29.1 Å².